The number of rotatable bonds is 55. The van der Waals surface area contributed by atoms with Crippen LogP contribution >= 0.6 is 7.82 Å². The Kier molecular flexibility index (Phi) is 51.6. The van der Waals surface area contributed by atoms with Crippen LogP contribution in [0.15, 0.2) is 0 Å². The van der Waals surface area contributed by atoms with Gasteiger partial charge in [-0.2, -0.15) is 0 Å². The topological polar surface area (TPSA) is 134 Å². The van der Waals surface area contributed by atoms with Crippen LogP contribution < -0.4 is 5.73 Å². The van der Waals surface area contributed by atoms with Gasteiger partial charge in [0.2, 0.25) is 0 Å². The Morgan fingerprint density at radius 3 is 0.938 bits per heavy atom. The SMILES string of the molecule is CCCCCCCCCCCCCCCCCCCCCCCCCCCCC(=O)OC(COC(=O)CCCCCCCCCCCCCCCCCCCC)COP(=O)(O)OCCN. The maximum Gasteiger partial charge on any atom is 0.472 e. The number of hydrogen-bond acceptors (Lipinski definition) is 8. The Hall–Kier alpha value is -0.990. The Labute approximate surface area is 403 Å². The smallest absolute Gasteiger partial charge is 0.462 e. The highest BCUT2D eigenvalue weighted by Crippen LogP contribution is 2.43. The zero-order valence-corrected chi connectivity index (χ0v) is 44.2. The molecule has 2 unspecified atom stereocenters. The Bertz CT molecular complexity index is 1030. The van der Waals surface area contributed by atoms with Crippen molar-refractivity contribution in [2.45, 2.75) is 315 Å². The highest BCUT2D eigenvalue weighted by atomic mass is 31.2. The lowest BCUT2D eigenvalue weighted by Crippen LogP contribution is -2.29. The van der Waals surface area contributed by atoms with E-state index in [0.29, 0.717) is 6.42 Å². The van der Waals surface area contributed by atoms with Crippen molar-refractivity contribution in [3.8, 4) is 0 Å². The molecule has 0 aromatic carbocycles. The summed E-state index contributed by atoms with van der Waals surface area (Å²) in [5.41, 5.74) is 5.38. The third-order valence-electron chi connectivity index (χ3n) is 13.0. The lowest BCUT2D eigenvalue weighted by atomic mass is 10.0. The van der Waals surface area contributed by atoms with Crippen molar-refractivity contribution in [1.82, 2.24) is 0 Å². The number of unbranched alkanes of at least 4 members (excludes halogenated alkanes) is 42. The first-order valence-electron chi connectivity index (χ1n) is 28.5. The summed E-state index contributed by atoms with van der Waals surface area (Å²) in [6, 6.07) is 0. The highest BCUT2D eigenvalue weighted by Gasteiger charge is 2.26. The summed E-state index contributed by atoms with van der Waals surface area (Å²) in [7, 11) is -4.38. The summed E-state index contributed by atoms with van der Waals surface area (Å²) in [6.45, 7) is 3.82. The van der Waals surface area contributed by atoms with Crippen molar-refractivity contribution in [3.63, 3.8) is 0 Å². The minimum atomic E-state index is -4.38. The van der Waals surface area contributed by atoms with Gasteiger partial charge in [-0.15, -0.1) is 0 Å². The van der Waals surface area contributed by atoms with Gasteiger partial charge in [-0.1, -0.05) is 284 Å². The number of phosphoric acid groups is 1. The van der Waals surface area contributed by atoms with E-state index < -0.39 is 26.5 Å². The summed E-state index contributed by atoms with van der Waals surface area (Å²) in [5, 5.41) is 0. The van der Waals surface area contributed by atoms with Crippen LogP contribution in [0.2, 0.25) is 0 Å². The van der Waals surface area contributed by atoms with Crippen LogP contribution in [0.5, 0.6) is 0 Å². The molecule has 0 aromatic rings. The van der Waals surface area contributed by atoms with Gasteiger partial charge in [-0.05, 0) is 12.8 Å². The fraction of sp³-hybridized carbons (Fsp3) is 0.964. The molecule has 0 aliphatic carbocycles. The van der Waals surface area contributed by atoms with E-state index in [1.807, 2.05) is 0 Å². The molecular formula is C55H110NO8P. The van der Waals surface area contributed by atoms with Crippen molar-refractivity contribution >= 4 is 19.8 Å². The highest BCUT2D eigenvalue weighted by molar-refractivity contribution is 7.47. The van der Waals surface area contributed by atoms with Gasteiger partial charge in [-0.3, -0.25) is 18.6 Å². The van der Waals surface area contributed by atoms with E-state index in [9.17, 15) is 19.0 Å². The Morgan fingerprint density at radius 1 is 0.400 bits per heavy atom. The quantitative estimate of drug-likeness (QED) is 0.0347. The summed E-state index contributed by atoms with van der Waals surface area (Å²) >= 11 is 0. The maximum atomic E-state index is 12.7. The number of nitrogens with two attached hydrogens (primary N) is 1. The molecule has 2 atom stereocenters. The van der Waals surface area contributed by atoms with Gasteiger partial charge in [0.1, 0.15) is 6.61 Å². The van der Waals surface area contributed by atoms with Crippen LogP contribution in [0.1, 0.15) is 309 Å². The van der Waals surface area contributed by atoms with Crippen molar-refractivity contribution in [2.24, 2.45) is 5.73 Å². The minimum Gasteiger partial charge on any atom is -0.462 e. The molecule has 0 fully saturated rings. The third kappa shape index (κ3) is 52.2. The molecule has 0 rings (SSSR count). The molecule has 0 bridgehead atoms. The van der Waals surface area contributed by atoms with Crippen LogP contribution in [0, 0.1) is 0 Å². The first-order chi connectivity index (χ1) is 31.8. The van der Waals surface area contributed by atoms with Gasteiger partial charge >= 0.3 is 19.8 Å². The van der Waals surface area contributed by atoms with E-state index in [1.165, 1.54) is 244 Å². The zero-order chi connectivity index (χ0) is 47.4. The lowest BCUT2D eigenvalue weighted by Gasteiger charge is -2.19. The molecule has 9 nitrogen and oxygen atoms in total. The Morgan fingerprint density at radius 2 is 0.662 bits per heavy atom. The monoisotopic (exact) mass is 944 g/mol. The van der Waals surface area contributed by atoms with Crippen molar-refractivity contribution in [2.75, 3.05) is 26.4 Å². The fourth-order valence-corrected chi connectivity index (χ4v) is 9.52. The molecule has 3 N–H and O–H groups in total. The Balaban J connectivity index is 3.90. The van der Waals surface area contributed by atoms with Gasteiger partial charge in [0, 0.05) is 19.4 Å². The average molecular weight is 944 g/mol. The molecule has 0 saturated carbocycles. The molecule has 0 aliphatic rings. The molecule has 0 spiro atoms. The second kappa shape index (κ2) is 52.4. The van der Waals surface area contributed by atoms with Gasteiger partial charge in [-0.25, -0.2) is 4.57 Å². The first-order valence-corrected chi connectivity index (χ1v) is 30.0. The predicted molar refractivity (Wildman–Crippen MR) is 275 cm³/mol. The zero-order valence-electron chi connectivity index (χ0n) is 43.3. The van der Waals surface area contributed by atoms with Gasteiger partial charge < -0.3 is 20.1 Å². The van der Waals surface area contributed by atoms with Crippen molar-refractivity contribution in [1.29, 1.82) is 0 Å². The van der Waals surface area contributed by atoms with E-state index in [2.05, 4.69) is 13.8 Å². The molecule has 10 heteroatoms. The summed E-state index contributed by atoms with van der Waals surface area (Å²) in [4.78, 5) is 35.1. The van der Waals surface area contributed by atoms with E-state index in [-0.39, 0.29) is 38.6 Å². The molecular weight excluding hydrogens is 834 g/mol. The molecule has 0 aromatic heterocycles. The van der Waals surface area contributed by atoms with E-state index in [0.717, 1.165) is 32.1 Å². The van der Waals surface area contributed by atoms with Gasteiger partial charge in [0.15, 0.2) is 6.10 Å². The van der Waals surface area contributed by atoms with Crippen molar-refractivity contribution in [3.05, 3.63) is 0 Å². The van der Waals surface area contributed by atoms with Gasteiger partial charge in [0.25, 0.3) is 0 Å². The maximum absolute atomic E-state index is 12.7. The molecule has 0 amide bonds. The fourth-order valence-electron chi connectivity index (χ4n) is 8.76. The second-order valence-corrected chi connectivity index (χ2v) is 21.0. The number of carbonyl (C=O) groups excluding carboxylic acids is 2. The average Bonchev–Trinajstić information content (AvgIpc) is 3.30. The second-order valence-electron chi connectivity index (χ2n) is 19.5. The number of ether oxygens (including phenoxy) is 2. The van der Waals surface area contributed by atoms with E-state index >= 15 is 0 Å². The first kappa shape index (κ1) is 64.0. The van der Waals surface area contributed by atoms with Crippen LogP contribution in [-0.4, -0.2) is 49.3 Å². The largest absolute Gasteiger partial charge is 0.472 e. The van der Waals surface area contributed by atoms with Crippen LogP contribution in [0.3, 0.4) is 0 Å². The van der Waals surface area contributed by atoms with Crippen LogP contribution in [-0.2, 0) is 32.7 Å². The summed E-state index contributed by atoms with van der Waals surface area (Å²) in [5.74, 6) is -0.803. The standard InChI is InChI=1S/C55H110NO8P/c1-3-5-7-9-11-13-15-17-19-21-23-24-25-26-27-28-29-30-32-34-36-38-40-42-44-46-48-55(58)64-53(52-63-65(59,60)62-50-49-56)51-61-54(57)47-45-43-41-39-37-35-33-31-22-20-18-16-14-12-10-8-6-4-2/h53H,3-52,56H2,1-2H3,(H,59,60). The molecule has 0 heterocycles. The van der Waals surface area contributed by atoms with Crippen LogP contribution in [0.4, 0.5) is 0 Å². The van der Waals surface area contributed by atoms with Gasteiger partial charge in [0.05, 0.1) is 13.2 Å². The lowest BCUT2D eigenvalue weighted by molar-refractivity contribution is -0.161. The summed E-state index contributed by atoms with van der Waals surface area (Å²) < 4.78 is 33.0. The van der Waals surface area contributed by atoms with Crippen LogP contribution in [0.25, 0.3) is 0 Å². The summed E-state index contributed by atoms with van der Waals surface area (Å²) in [6.07, 6.45) is 57.3. The number of hydrogen-bond donors (Lipinski definition) is 2. The van der Waals surface area contributed by atoms with E-state index in [4.69, 9.17) is 24.3 Å². The molecule has 65 heavy (non-hydrogen) atoms. The number of esters is 2. The predicted octanol–water partition coefficient (Wildman–Crippen LogP) is 17.5. The minimum absolute atomic E-state index is 0.0585. The third-order valence-corrected chi connectivity index (χ3v) is 14.0. The number of carbonyl (C=O) groups is 2. The molecule has 388 valence electrons. The number of phosphoric ester groups is 1. The van der Waals surface area contributed by atoms with Crippen molar-refractivity contribution < 1.29 is 37.6 Å². The normalized spacial score (nSPS) is 13.0. The molecule has 0 radical (unpaired) electrons. The molecule has 0 saturated heterocycles. The van der Waals surface area contributed by atoms with E-state index in [1.54, 1.807) is 0 Å². The molecule has 0 aliphatic heterocycles.